The number of carbonyl (C=O) groups is 2. The van der Waals surface area contributed by atoms with Crippen LogP contribution in [0.3, 0.4) is 0 Å². The number of thiophene rings is 1. The average molecular weight is 539 g/mol. The van der Waals surface area contributed by atoms with Gasteiger partial charge < -0.3 is 29.2 Å². The van der Waals surface area contributed by atoms with Crippen LogP contribution >= 0.6 is 11.3 Å². The van der Waals surface area contributed by atoms with Gasteiger partial charge in [-0.15, -0.1) is 11.3 Å². The van der Waals surface area contributed by atoms with Crippen molar-refractivity contribution >= 4 is 23.2 Å². The van der Waals surface area contributed by atoms with Crippen LogP contribution in [-0.4, -0.2) is 57.7 Å². The van der Waals surface area contributed by atoms with Crippen LogP contribution in [0.4, 0.5) is 0 Å². The summed E-state index contributed by atoms with van der Waals surface area (Å²) in [6, 6.07) is 12.7. The van der Waals surface area contributed by atoms with Gasteiger partial charge in [0.25, 0.3) is 5.91 Å². The minimum atomic E-state index is -0.620. The van der Waals surface area contributed by atoms with Crippen molar-refractivity contribution in [3.63, 3.8) is 0 Å². The number of likely N-dealkylation sites (N-methyl/N-ethyl adjacent to an activating group) is 1. The summed E-state index contributed by atoms with van der Waals surface area (Å²) in [5.41, 5.74) is 2.09. The van der Waals surface area contributed by atoms with Crippen molar-refractivity contribution in [3.05, 3.63) is 69.4 Å². The molecule has 0 saturated heterocycles. The molecule has 0 unspecified atom stereocenters. The van der Waals surface area contributed by atoms with E-state index in [-0.39, 0.29) is 11.8 Å². The molecule has 2 amide bonds. The Morgan fingerprint density at radius 1 is 0.974 bits per heavy atom. The molecule has 1 aliphatic heterocycles. The molecule has 1 N–H and O–H groups in total. The van der Waals surface area contributed by atoms with Gasteiger partial charge in [0.1, 0.15) is 0 Å². The van der Waals surface area contributed by atoms with E-state index in [9.17, 15) is 9.59 Å². The van der Waals surface area contributed by atoms with Gasteiger partial charge in [0.05, 0.1) is 39.4 Å². The first kappa shape index (κ1) is 27.3. The third-order valence-electron chi connectivity index (χ3n) is 6.61. The highest BCUT2D eigenvalue weighted by Gasteiger charge is 2.44. The summed E-state index contributed by atoms with van der Waals surface area (Å²) in [7, 11) is 4.81. The predicted molar refractivity (Wildman–Crippen MR) is 147 cm³/mol. The Kier molecular flexibility index (Phi) is 8.78. The van der Waals surface area contributed by atoms with Crippen molar-refractivity contribution in [2.45, 2.75) is 32.2 Å². The fourth-order valence-electron chi connectivity index (χ4n) is 4.84. The van der Waals surface area contributed by atoms with Crippen LogP contribution in [0.1, 0.15) is 52.2 Å². The van der Waals surface area contributed by atoms with E-state index in [4.69, 9.17) is 18.9 Å². The van der Waals surface area contributed by atoms with Crippen LogP contribution in [0.15, 0.2) is 47.8 Å². The molecule has 0 bridgehead atoms. The van der Waals surface area contributed by atoms with Crippen LogP contribution in [0.5, 0.6) is 23.0 Å². The summed E-state index contributed by atoms with van der Waals surface area (Å²) in [6.07, 6.45) is 0.613. The lowest BCUT2D eigenvalue weighted by molar-refractivity contribution is -0.124. The minimum Gasteiger partial charge on any atom is -0.493 e. The molecule has 1 aliphatic rings. The largest absolute Gasteiger partial charge is 0.493 e. The molecule has 202 valence electrons. The van der Waals surface area contributed by atoms with E-state index in [0.29, 0.717) is 60.3 Å². The third-order valence-corrected chi connectivity index (χ3v) is 7.56. The first-order valence-corrected chi connectivity index (χ1v) is 13.5. The maximum atomic E-state index is 13.8. The SMILES string of the molecule is CCOc1ccc(CCNC(=O)[C@@H]2c3cc(OC)c(OC)cc3C(=O)N(C)[C@@H]2c2cccs2)cc1OCC. The second-order valence-corrected chi connectivity index (χ2v) is 9.82. The Morgan fingerprint density at radius 2 is 1.68 bits per heavy atom. The van der Waals surface area contributed by atoms with Gasteiger partial charge in [-0.2, -0.15) is 0 Å². The number of hydrogen-bond acceptors (Lipinski definition) is 7. The number of amides is 2. The lowest BCUT2D eigenvalue weighted by Gasteiger charge is -2.39. The fourth-order valence-corrected chi connectivity index (χ4v) is 5.74. The predicted octanol–water partition coefficient (Wildman–Crippen LogP) is 4.83. The van der Waals surface area contributed by atoms with E-state index < -0.39 is 12.0 Å². The number of nitrogens with zero attached hydrogens (tertiary/aromatic N) is 1. The van der Waals surface area contributed by atoms with Crippen molar-refractivity contribution in [1.82, 2.24) is 10.2 Å². The molecule has 3 aromatic rings. The maximum Gasteiger partial charge on any atom is 0.254 e. The van der Waals surface area contributed by atoms with E-state index in [0.717, 1.165) is 10.4 Å². The van der Waals surface area contributed by atoms with Crippen LogP contribution in [0.2, 0.25) is 0 Å². The van der Waals surface area contributed by atoms with Crippen molar-refractivity contribution in [2.75, 3.05) is 41.0 Å². The number of fused-ring (bicyclic) bond motifs is 1. The molecule has 8 nitrogen and oxygen atoms in total. The van der Waals surface area contributed by atoms with Gasteiger partial charge in [-0.25, -0.2) is 0 Å². The number of benzene rings is 2. The van der Waals surface area contributed by atoms with Crippen molar-refractivity contribution in [2.24, 2.45) is 0 Å². The maximum absolute atomic E-state index is 13.8. The molecular formula is C29H34N2O6S. The quantitative estimate of drug-likeness (QED) is 0.376. The van der Waals surface area contributed by atoms with Crippen molar-refractivity contribution in [3.8, 4) is 23.0 Å². The molecule has 0 spiro atoms. The summed E-state index contributed by atoms with van der Waals surface area (Å²) in [4.78, 5) is 29.8. The Hall–Kier alpha value is -3.72. The highest BCUT2D eigenvalue weighted by Crippen LogP contribution is 2.46. The van der Waals surface area contributed by atoms with E-state index in [2.05, 4.69) is 5.32 Å². The Bertz CT molecular complexity index is 1280. The van der Waals surface area contributed by atoms with E-state index in [1.54, 1.807) is 31.2 Å². The monoisotopic (exact) mass is 538 g/mol. The molecule has 38 heavy (non-hydrogen) atoms. The highest BCUT2D eigenvalue weighted by atomic mass is 32.1. The topological polar surface area (TPSA) is 86.3 Å². The average Bonchev–Trinajstić information content (AvgIpc) is 3.46. The first-order chi connectivity index (χ1) is 18.4. The van der Waals surface area contributed by atoms with Gasteiger partial charge in [0, 0.05) is 24.0 Å². The van der Waals surface area contributed by atoms with Crippen LogP contribution in [0.25, 0.3) is 0 Å². The standard InChI is InChI=1S/C29H34N2O6S/c1-6-36-21-11-10-18(15-24(21)37-7-2)12-13-30-28(32)26-19-16-22(34-4)23(35-5)17-20(19)29(33)31(3)27(26)25-9-8-14-38-25/h8-11,14-17,26-27H,6-7,12-13H2,1-5H3,(H,30,32)/t26-,27-/m1/s1. The third kappa shape index (κ3) is 5.43. The van der Waals surface area contributed by atoms with Crippen molar-refractivity contribution < 1.29 is 28.5 Å². The summed E-state index contributed by atoms with van der Waals surface area (Å²) >= 11 is 1.53. The minimum absolute atomic E-state index is 0.160. The molecule has 2 aromatic carbocycles. The molecule has 2 heterocycles. The highest BCUT2D eigenvalue weighted by molar-refractivity contribution is 7.10. The van der Waals surface area contributed by atoms with E-state index in [1.165, 1.54) is 18.4 Å². The smallest absolute Gasteiger partial charge is 0.254 e. The molecule has 0 fully saturated rings. The molecule has 0 aliphatic carbocycles. The Morgan fingerprint density at radius 3 is 2.34 bits per heavy atom. The molecule has 1 aromatic heterocycles. The molecule has 0 radical (unpaired) electrons. The molecule has 4 rings (SSSR count). The van der Waals surface area contributed by atoms with Crippen LogP contribution < -0.4 is 24.3 Å². The zero-order valence-corrected chi connectivity index (χ0v) is 23.2. The van der Waals surface area contributed by atoms with Gasteiger partial charge in [-0.3, -0.25) is 9.59 Å². The zero-order valence-electron chi connectivity index (χ0n) is 22.4. The van der Waals surface area contributed by atoms with E-state index >= 15 is 0 Å². The van der Waals surface area contributed by atoms with Crippen LogP contribution in [-0.2, 0) is 11.2 Å². The first-order valence-electron chi connectivity index (χ1n) is 12.7. The summed E-state index contributed by atoms with van der Waals surface area (Å²) < 4.78 is 22.3. The molecular weight excluding hydrogens is 504 g/mol. The summed E-state index contributed by atoms with van der Waals surface area (Å²) in [5.74, 6) is 1.38. The van der Waals surface area contributed by atoms with Gasteiger partial charge in [0.2, 0.25) is 5.91 Å². The lowest BCUT2D eigenvalue weighted by atomic mass is 9.81. The van der Waals surface area contributed by atoms with Gasteiger partial charge in [0.15, 0.2) is 23.0 Å². The summed E-state index contributed by atoms with van der Waals surface area (Å²) in [6.45, 7) is 5.37. The summed E-state index contributed by atoms with van der Waals surface area (Å²) in [5, 5.41) is 5.06. The van der Waals surface area contributed by atoms with Gasteiger partial charge in [-0.1, -0.05) is 12.1 Å². The van der Waals surface area contributed by atoms with Gasteiger partial charge in [-0.05, 0) is 67.1 Å². The second-order valence-electron chi connectivity index (χ2n) is 8.84. The molecule has 0 saturated carbocycles. The number of nitrogens with one attached hydrogen (secondary N) is 1. The fraction of sp³-hybridized carbons (Fsp3) is 0.379. The van der Waals surface area contributed by atoms with E-state index in [1.807, 2.05) is 49.6 Å². The van der Waals surface area contributed by atoms with Crippen molar-refractivity contribution in [1.29, 1.82) is 0 Å². The second kappa shape index (κ2) is 12.2. The lowest BCUT2D eigenvalue weighted by Crippen LogP contribution is -2.45. The number of methoxy groups -OCH3 is 2. The Balaban J connectivity index is 1.61. The Labute approximate surface area is 227 Å². The van der Waals surface area contributed by atoms with Gasteiger partial charge >= 0.3 is 0 Å². The normalized spacial score (nSPS) is 16.6. The van der Waals surface area contributed by atoms with Crippen LogP contribution in [0, 0.1) is 0 Å². The zero-order chi connectivity index (χ0) is 27.2. The molecule has 9 heteroatoms. The number of carbonyl (C=O) groups excluding carboxylic acids is 2. The number of ether oxygens (including phenoxy) is 4. The number of hydrogen-bond donors (Lipinski definition) is 1. The number of rotatable bonds is 11. The molecule has 2 atom stereocenters.